The van der Waals surface area contributed by atoms with Gasteiger partial charge < -0.3 is 9.84 Å². The summed E-state index contributed by atoms with van der Waals surface area (Å²) in [7, 11) is 1.67. The second-order valence-corrected chi connectivity index (χ2v) is 5.21. The quantitative estimate of drug-likeness (QED) is 0.787. The fourth-order valence-corrected chi connectivity index (χ4v) is 2.63. The summed E-state index contributed by atoms with van der Waals surface area (Å²) in [4.78, 5) is 4.49. The number of aromatic nitrogens is 3. The summed E-state index contributed by atoms with van der Waals surface area (Å²) < 4.78 is 7.18. The summed E-state index contributed by atoms with van der Waals surface area (Å²) in [6, 6.07) is 16.0. The van der Waals surface area contributed by atoms with Gasteiger partial charge in [-0.15, -0.1) is 0 Å². The van der Waals surface area contributed by atoms with Crippen LogP contribution >= 0.6 is 0 Å². The number of ether oxygens (including phenoxy) is 1. The minimum absolute atomic E-state index is 0.0298. The number of benzene rings is 2. The Morgan fingerprint density at radius 2 is 1.87 bits per heavy atom. The molecule has 0 saturated heterocycles. The lowest BCUT2D eigenvalue weighted by Gasteiger charge is -2.10. The van der Waals surface area contributed by atoms with Gasteiger partial charge in [0.1, 0.15) is 11.6 Å². The van der Waals surface area contributed by atoms with Crippen LogP contribution in [0.5, 0.6) is 5.75 Å². The van der Waals surface area contributed by atoms with Gasteiger partial charge in [0.25, 0.3) is 0 Å². The zero-order chi connectivity index (χ0) is 16.2. The molecule has 0 radical (unpaired) electrons. The third kappa shape index (κ3) is 3.10. The number of aryl methyl sites for hydroxylation is 1. The van der Waals surface area contributed by atoms with Crippen LogP contribution in [0.1, 0.15) is 5.82 Å². The van der Waals surface area contributed by atoms with Gasteiger partial charge in [-0.1, -0.05) is 36.4 Å². The molecule has 0 fully saturated rings. The molecule has 0 saturated carbocycles. The molecular weight excluding hydrogens is 290 g/mol. The molecule has 3 aromatic rings. The van der Waals surface area contributed by atoms with E-state index in [1.165, 1.54) is 0 Å². The Kier molecular flexibility index (Phi) is 4.39. The first-order chi connectivity index (χ1) is 11.2. The molecule has 0 spiro atoms. The number of rotatable bonds is 5. The molecule has 0 aliphatic rings. The predicted molar refractivity (Wildman–Crippen MR) is 89.3 cm³/mol. The van der Waals surface area contributed by atoms with Crippen LogP contribution in [0.2, 0.25) is 0 Å². The summed E-state index contributed by atoms with van der Waals surface area (Å²) in [5.41, 5.74) is 3.04. The highest BCUT2D eigenvalue weighted by atomic mass is 16.5. The van der Waals surface area contributed by atoms with Crippen molar-refractivity contribution in [2.45, 2.75) is 13.5 Å². The van der Waals surface area contributed by atoms with Crippen LogP contribution in [0, 0.1) is 6.92 Å². The van der Waals surface area contributed by atoms with Gasteiger partial charge in [-0.3, -0.25) is 0 Å². The van der Waals surface area contributed by atoms with Crippen molar-refractivity contribution in [1.29, 1.82) is 0 Å². The van der Waals surface area contributed by atoms with Crippen molar-refractivity contribution < 1.29 is 9.84 Å². The Morgan fingerprint density at radius 1 is 1.09 bits per heavy atom. The lowest BCUT2D eigenvalue weighted by atomic mass is 10.0. The molecule has 1 aromatic heterocycles. The number of hydrogen-bond donors (Lipinski definition) is 1. The maximum absolute atomic E-state index is 9.20. The fourth-order valence-electron chi connectivity index (χ4n) is 2.63. The van der Waals surface area contributed by atoms with Gasteiger partial charge in [0.15, 0.2) is 5.82 Å². The molecule has 1 N–H and O–H groups in total. The standard InChI is InChI=1S/C18H19N3O2/c1-13-19-18(21(20-13)10-11-22)15-7-5-6-14(12-15)16-8-3-4-9-17(16)23-2/h3-9,12,22H,10-11H2,1-2H3. The van der Waals surface area contributed by atoms with Gasteiger partial charge in [0.2, 0.25) is 0 Å². The molecule has 118 valence electrons. The van der Waals surface area contributed by atoms with Crippen molar-refractivity contribution >= 4 is 0 Å². The average Bonchev–Trinajstić information content (AvgIpc) is 2.96. The number of hydrogen-bond acceptors (Lipinski definition) is 4. The van der Waals surface area contributed by atoms with Crippen LogP contribution < -0.4 is 4.74 Å². The third-order valence-corrected chi connectivity index (χ3v) is 3.63. The van der Waals surface area contributed by atoms with Gasteiger partial charge in [0, 0.05) is 11.1 Å². The van der Waals surface area contributed by atoms with Gasteiger partial charge in [-0.2, -0.15) is 5.10 Å². The van der Waals surface area contributed by atoms with Gasteiger partial charge in [0.05, 0.1) is 20.3 Å². The van der Waals surface area contributed by atoms with E-state index in [2.05, 4.69) is 16.1 Å². The van der Waals surface area contributed by atoms with Crippen LogP contribution in [0.25, 0.3) is 22.5 Å². The van der Waals surface area contributed by atoms with E-state index in [9.17, 15) is 5.11 Å². The number of aliphatic hydroxyl groups is 1. The number of methoxy groups -OCH3 is 1. The minimum Gasteiger partial charge on any atom is -0.496 e. The van der Waals surface area contributed by atoms with Crippen LogP contribution in [-0.2, 0) is 6.54 Å². The van der Waals surface area contributed by atoms with Crippen LogP contribution in [0.4, 0.5) is 0 Å². The van der Waals surface area contributed by atoms with E-state index in [1.807, 2.05) is 49.4 Å². The third-order valence-electron chi connectivity index (χ3n) is 3.63. The first-order valence-electron chi connectivity index (χ1n) is 7.49. The first-order valence-corrected chi connectivity index (χ1v) is 7.49. The minimum atomic E-state index is 0.0298. The molecular formula is C18H19N3O2. The Labute approximate surface area is 135 Å². The van der Waals surface area contributed by atoms with E-state index < -0.39 is 0 Å². The summed E-state index contributed by atoms with van der Waals surface area (Å²) in [6.45, 7) is 2.30. The van der Waals surface area contributed by atoms with E-state index in [4.69, 9.17) is 4.74 Å². The molecule has 0 amide bonds. The van der Waals surface area contributed by atoms with Gasteiger partial charge in [-0.25, -0.2) is 9.67 Å². The van der Waals surface area contributed by atoms with E-state index in [0.717, 1.165) is 28.3 Å². The van der Waals surface area contributed by atoms with Crippen molar-refractivity contribution in [2.24, 2.45) is 0 Å². The second kappa shape index (κ2) is 6.62. The Hall–Kier alpha value is -2.66. The summed E-state index contributed by atoms with van der Waals surface area (Å²) >= 11 is 0. The summed E-state index contributed by atoms with van der Waals surface area (Å²) in [5, 5.41) is 13.5. The normalized spacial score (nSPS) is 10.7. The molecule has 23 heavy (non-hydrogen) atoms. The molecule has 0 atom stereocenters. The van der Waals surface area contributed by atoms with Crippen molar-refractivity contribution in [3.8, 4) is 28.3 Å². The van der Waals surface area contributed by atoms with Crippen molar-refractivity contribution in [2.75, 3.05) is 13.7 Å². The molecule has 0 aliphatic heterocycles. The van der Waals surface area contributed by atoms with Crippen LogP contribution in [0.3, 0.4) is 0 Å². The second-order valence-electron chi connectivity index (χ2n) is 5.21. The van der Waals surface area contributed by atoms with E-state index in [-0.39, 0.29) is 6.61 Å². The van der Waals surface area contributed by atoms with E-state index in [0.29, 0.717) is 12.4 Å². The Balaban J connectivity index is 2.07. The largest absolute Gasteiger partial charge is 0.496 e. The number of nitrogens with zero attached hydrogens (tertiary/aromatic N) is 3. The smallest absolute Gasteiger partial charge is 0.158 e. The number of aliphatic hydroxyl groups excluding tert-OH is 1. The molecule has 5 heteroatoms. The highest BCUT2D eigenvalue weighted by molar-refractivity contribution is 5.74. The maximum Gasteiger partial charge on any atom is 0.158 e. The van der Waals surface area contributed by atoms with Crippen LogP contribution in [0.15, 0.2) is 48.5 Å². The molecule has 0 aliphatic carbocycles. The average molecular weight is 309 g/mol. The number of para-hydroxylation sites is 1. The zero-order valence-corrected chi connectivity index (χ0v) is 13.2. The van der Waals surface area contributed by atoms with E-state index in [1.54, 1.807) is 11.8 Å². The zero-order valence-electron chi connectivity index (χ0n) is 13.2. The predicted octanol–water partition coefficient (Wildman–Crippen LogP) is 2.92. The SMILES string of the molecule is COc1ccccc1-c1cccc(-c2nc(C)nn2CCO)c1. The Morgan fingerprint density at radius 3 is 2.65 bits per heavy atom. The molecule has 2 aromatic carbocycles. The monoisotopic (exact) mass is 309 g/mol. The van der Waals surface area contributed by atoms with Crippen molar-refractivity contribution in [3.63, 3.8) is 0 Å². The molecule has 5 nitrogen and oxygen atoms in total. The Bertz CT molecular complexity index is 812. The maximum atomic E-state index is 9.20. The fraction of sp³-hybridized carbons (Fsp3) is 0.222. The highest BCUT2D eigenvalue weighted by Crippen LogP contribution is 2.31. The van der Waals surface area contributed by atoms with Crippen molar-refractivity contribution in [1.82, 2.24) is 14.8 Å². The molecule has 0 unspecified atom stereocenters. The van der Waals surface area contributed by atoms with Crippen LogP contribution in [-0.4, -0.2) is 33.6 Å². The summed E-state index contributed by atoms with van der Waals surface area (Å²) in [5.74, 6) is 2.28. The van der Waals surface area contributed by atoms with Gasteiger partial charge >= 0.3 is 0 Å². The van der Waals surface area contributed by atoms with Gasteiger partial charge in [-0.05, 0) is 24.6 Å². The van der Waals surface area contributed by atoms with Crippen molar-refractivity contribution in [3.05, 3.63) is 54.4 Å². The molecule has 1 heterocycles. The first kappa shape index (κ1) is 15.2. The molecule has 0 bridgehead atoms. The highest BCUT2D eigenvalue weighted by Gasteiger charge is 2.12. The topological polar surface area (TPSA) is 60.2 Å². The lowest BCUT2D eigenvalue weighted by molar-refractivity contribution is 0.270. The molecule has 3 rings (SSSR count). The lowest BCUT2D eigenvalue weighted by Crippen LogP contribution is -2.06. The summed E-state index contributed by atoms with van der Waals surface area (Å²) in [6.07, 6.45) is 0. The van der Waals surface area contributed by atoms with E-state index >= 15 is 0 Å².